The zero-order valence-corrected chi connectivity index (χ0v) is 9.97. The Balaban J connectivity index is 1.69. The Kier molecular flexibility index (Phi) is 2.94. The van der Waals surface area contributed by atoms with Crippen LogP contribution >= 0.6 is 0 Å². The molecule has 0 aliphatic heterocycles. The first kappa shape index (κ1) is 10.6. The standard InChI is InChI=1S/C13H18N4/c1-2-4-11(5-3-1)10-15-13-12-6-7-16-17(12)9-8-14-13/h6-9,11H,1-5,10H2,(H,14,15). The number of aromatic nitrogens is 3. The van der Waals surface area contributed by atoms with E-state index in [0.717, 1.165) is 23.8 Å². The highest BCUT2D eigenvalue weighted by Gasteiger charge is 2.13. The Morgan fingerprint density at radius 3 is 3.00 bits per heavy atom. The first-order chi connectivity index (χ1) is 8.43. The van der Waals surface area contributed by atoms with E-state index in [9.17, 15) is 0 Å². The summed E-state index contributed by atoms with van der Waals surface area (Å²) in [5.74, 6) is 1.77. The molecule has 0 atom stereocenters. The minimum Gasteiger partial charge on any atom is -0.368 e. The van der Waals surface area contributed by atoms with Gasteiger partial charge in [-0.15, -0.1) is 0 Å². The maximum atomic E-state index is 4.39. The molecule has 3 rings (SSSR count). The summed E-state index contributed by atoms with van der Waals surface area (Å²) in [6.07, 6.45) is 12.4. The van der Waals surface area contributed by atoms with Gasteiger partial charge in [0, 0.05) is 18.9 Å². The van der Waals surface area contributed by atoms with Crippen molar-refractivity contribution in [3.05, 3.63) is 24.7 Å². The van der Waals surface area contributed by atoms with Gasteiger partial charge in [-0.25, -0.2) is 9.50 Å². The average molecular weight is 230 g/mol. The van der Waals surface area contributed by atoms with Crippen molar-refractivity contribution in [3.8, 4) is 0 Å². The molecular weight excluding hydrogens is 212 g/mol. The van der Waals surface area contributed by atoms with Crippen LogP contribution in [0.4, 0.5) is 5.82 Å². The van der Waals surface area contributed by atoms with Crippen LogP contribution in [0.5, 0.6) is 0 Å². The maximum absolute atomic E-state index is 4.39. The summed E-state index contributed by atoms with van der Waals surface area (Å²) in [6.45, 7) is 1.04. The largest absolute Gasteiger partial charge is 0.368 e. The normalized spacial score (nSPS) is 17.4. The number of hydrogen-bond acceptors (Lipinski definition) is 3. The van der Waals surface area contributed by atoms with Crippen molar-refractivity contribution in [2.75, 3.05) is 11.9 Å². The van der Waals surface area contributed by atoms with Crippen molar-refractivity contribution in [2.45, 2.75) is 32.1 Å². The molecule has 0 aromatic carbocycles. The van der Waals surface area contributed by atoms with E-state index in [-0.39, 0.29) is 0 Å². The van der Waals surface area contributed by atoms with E-state index >= 15 is 0 Å². The van der Waals surface area contributed by atoms with E-state index < -0.39 is 0 Å². The molecule has 1 saturated carbocycles. The third-order valence-corrected chi connectivity index (χ3v) is 3.61. The lowest BCUT2D eigenvalue weighted by atomic mass is 9.89. The Labute approximate surface area is 101 Å². The minimum absolute atomic E-state index is 0.814. The van der Waals surface area contributed by atoms with Gasteiger partial charge in [0.05, 0.1) is 6.20 Å². The fourth-order valence-corrected chi connectivity index (χ4v) is 2.63. The molecule has 0 amide bonds. The second-order valence-electron chi connectivity index (χ2n) is 4.82. The van der Waals surface area contributed by atoms with Crippen LogP contribution in [-0.4, -0.2) is 21.1 Å². The van der Waals surface area contributed by atoms with Crippen molar-refractivity contribution < 1.29 is 0 Å². The predicted octanol–water partition coefficient (Wildman–Crippen LogP) is 2.72. The van der Waals surface area contributed by atoms with E-state index in [2.05, 4.69) is 15.4 Å². The Morgan fingerprint density at radius 1 is 1.24 bits per heavy atom. The van der Waals surface area contributed by atoms with Gasteiger partial charge < -0.3 is 5.32 Å². The molecule has 2 aromatic heterocycles. The fourth-order valence-electron chi connectivity index (χ4n) is 2.63. The lowest BCUT2D eigenvalue weighted by Crippen LogP contribution is -2.18. The van der Waals surface area contributed by atoms with E-state index in [1.807, 2.05) is 23.0 Å². The summed E-state index contributed by atoms with van der Waals surface area (Å²) in [5.41, 5.74) is 1.06. The molecule has 1 aliphatic carbocycles. The van der Waals surface area contributed by atoms with Crippen molar-refractivity contribution in [1.29, 1.82) is 0 Å². The van der Waals surface area contributed by atoms with E-state index in [1.165, 1.54) is 32.1 Å². The summed E-state index contributed by atoms with van der Waals surface area (Å²) in [7, 11) is 0. The molecule has 2 aromatic rings. The van der Waals surface area contributed by atoms with Crippen LogP contribution in [0.1, 0.15) is 32.1 Å². The third-order valence-electron chi connectivity index (χ3n) is 3.61. The van der Waals surface area contributed by atoms with Crippen LogP contribution in [0.2, 0.25) is 0 Å². The predicted molar refractivity (Wildman–Crippen MR) is 68.1 cm³/mol. The number of fused-ring (bicyclic) bond motifs is 1. The summed E-state index contributed by atoms with van der Waals surface area (Å²) < 4.78 is 1.86. The van der Waals surface area contributed by atoms with Crippen molar-refractivity contribution >= 4 is 11.3 Å². The number of rotatable bonds is 3. The third kappa shape index (κ3) is 2.25. The molecule has 1 fully saturated rings. The zero-order valence-electron chi connectivity index (χ0n) is 9.97. The van der Waals surface area contributed by atoms with Gasteiger partial charge in [0.2, 0.25) is 0 Å². The topological polar surface area (TPSA) is 42.2 Å². The van der Waals surface area contributed by atoms with Gasteiger partial charge in [-0.2, -0.15) is 5.10 Å². The second kappa shape index (κ2) is 4.73. The smallest absolute Gasteiger partial charge is 0.152 e. The first-order valence-corrected chi connectivity index (χ1v) is 6.46. The fraction of sp³-hybridized carbons (Fsp3) is 0.538. The molecule has 0 radical (unpaired) electrons. The van der Waals surface area contributed by atoms with Gasteiger partial charge in [0.15, 0.2) is 5.82 Å². The highest BCUT2D eigenvalue weighted by molar-refractivity contribution is 5.66. The monoisotopic (exact) mass is 230 g/mol. The molecule has 1 N–H and O–H groups in total. The van der Waals surface area contributed by atoms with Crippen LogP contribution in [0, 0.1) is 5.92 Å². The van der Waals surface area contributed by atoms with Crippen LogP contribution in [0.3, 0.4) is 0 Å². The average Bonchev–Trinajstić information content (AvgIpc) is 2.86. The van der Waals surface area contributed by atoms with Crippen LogP contribution in [0.25, 0.3) is 5.52 Å². The van der Waals surface area contributed by atoms with Crippen LogP contribution < -0.4 is 5.32 Å². The molecular formula is C13H18N4. The summed E-state index contributed by atoms with van der Waals surface area (Å²) >= 11 is 0. The lowest BCUT2D eigenvalue weighted by molar-refractivity contribution is 0.373. The lowest BCUT2D eigenvalue weighted by Gasteiger charge is -2.22. The molecule has 2 heterocycles. The number of nitrogens with zero attached hydrogens (tertiary/aromatic N) is 3. The SMILES string of the molecule is c1cn2nccc2c(NCC2CCCCC2)n1. The number of hydrogen-bond donors (Lipinski definition) is 1. The highest BCUT2D eigenvalue weighted by Crippen LogP contribution is 2.24. The van der Waals surface area contributed by atoms with Crippen LogP contribution in [0.15, 0.2) is 24.7 Å². The molecule has 0 bridgehead atoms. The van der Waals surface area contributed by atoms with Crippen molar-refractivity contribution in [3.63, 3.8) is 0 Å². The summed E-state index contributed by atoms with van der Waals surface area (Å²) in [6, 6.07) is 2.00. The van der Waals surface area contributed by atoms with Gasteiger partial charge in [-0.1, -0.05) is 19.3 Å². The van der Waals surface area contributed by atoms with E-state index in [0.29, 0.717) is 0 Å². The molecule has 0 spiro atoms. The molecule has 4 nitrogen and oxygen atoms in total. The maximum Gasteiger partial charge on any atom is 0.152 e. The molecule has 0 saturated heterocycles. The van der Waals surface area contributed by atoms with Crippen molar-refractivity contribution in [1.82, 2.24) is 14.6 Å². The zero-order chi connectivity index (χ0) is 11.5. The summed E-state index contributed by atoms with van der Waals surface area (Å²) in [4.78, 5) is 4.39. The van der Waals surface area contributed by atoms with E-state index in [4.69, 9.17) is 0 Å². The summed E-state index contributed by atoms with van der Waals surface area (Å²) in [5, 5.41) is 7.68. The van der Waals surface area contributed by atoms with Gasteiger partial charge in [-0.3, -0.25) is 0 Å². The van der Waals surface area contributed by atoms with Gasteiger partial charge >= 0.3 is 0 Å². The Hall–Kier alpha value is -1.58. The van der Waals surface area contributed by atoms with Crippen molar-refractivity contribution in [2.24, 2.45) is 5.92 Å². The quantitative estimate of drug-likeness (QED) is 0.881. The van der Waals surface area contributed by atoms with E-state index in [1.54, 1.807) is 6.20 Å². The van der Waals surface area contributed by atoms with Gasteiger partial charge in [0.25, 0.3) is 0 Å². The minimum atomic E-state index is 0.814. The molecule has 90 valence electrons. The second-order valence-corrected chi connectivity index (χ2v) is 4.82. The Morgan fingerprint density at radius 2 is 2.12 bits per heavy atom. The Bertz CT molecular complexity index is 485. The molecule has 4 heteroatoms. The van der Waals surface area contributed by atoms with Gasteiger partial charge in [0.1, 0.15) is 5.52 Å². The molecule has 1 aliphatic rings. The van der Waals surface area contributed by atoms with Gasteiger partial charge in [-0.05, 0) is 24.8 Å². The number of anilines is 1. The molecule has 0 unspecified atom stereocenters. The molecule has 17 heavy (non-hydrogen) atoms. The highest BCUT2D eigenvalue weighted by atomic mass is 15.2. The number of nitrogens with one attached hydrogen (secondary N) is 1. The first-order valence-electron chi connectivity index (χ1n) is 6.46. The van der Waals surface area contributed by atoms with Crippen LogP contribution in [-0.2, 0) is 0 Å².